The summed E-state index contributed by atoms with van der Waals surface area (Å²) in [5.41, 5.74) is 5.33. The summed E-state index contributed by atoms with van der Waals surface area (Å²) >= 11 is 10.9. The fourth-order valence-electron chi connectivity index (χ4n) is 5.78. The number of alkyl halides is 1. The third-order valence-electron chi connectivity index (χ3n) is 9.25. The third kappa shape index (κ3) is 7.84. The summed E-state index contributed by atoms with van der Waals surface area (Å²) < 4.78 is 54.4. The predicted molar refractivity (Wildman–Crippen MR) is 186 cm³/mol. The molecule has 2 bridgehead atoms. The van der Waals surface area contributed by atoms with E-state index in [1.54, 1.807) is 6.07 Å². The Labute approximate surface area is 292 Å². The number of aromatic amines is 1. The van der Waals surface area contributed by atoms with Crippen LogP contribution in [0.2, 0.25) is 18.1 Å². The molecule has 6 N–H and O–H groups in total. The van der Waals surface area contributed by atoms with Crippen molar-refractivity contribution in [2.45, 2.75) is 88.2 Å². The van der Waals surface area contributed by atoms with Crippen LogP contribution in [-0.2, 0) is 50.9 Å². The molecule has 2 unspecified atom stereocenters. The molecule has 0 spiro atoms. The number of nitrogen functional groups attached to an aromatic ring is 1. The standard InChI is InChI=1S/C26H39FN8O9P2S2Si/c1-26(2,3)49(4,5)44-20-15-10-40-46(38,48)42-19-13(8-14(17(19)27)32-16-6-7-29-11-30-16)9-39-45(37,47)43-21(20)24(41-15)35-12-31-18-22(35)33-25(28)34-23(18)36/h6-7,11-15,17,19-21,24H,8-10H2,1-5H3,(H,37,47)(H,38,48)(H,29,30,32)(H3,28,33,34,36)/t13-,14-,15-,17-,19-,20-,21-,24-,45?,46?/m1/s1. The van der Waals surface area contributed by atoms with Gasteiger partial charge in [-0.15, -0.1) is 0 Å². The molecule has 17 nitrogen and oxygen atoms in total. The number of halogens is 1. The van der Waals surface area contributed by atoms with Gasteiger partial charge < -0.3 is 43.6 Å². The van der Waals surface area contributed by atoms with Crippen molar-refractivity contribution >= 4 is 68.3 Å². The van der Waals surface area contributed by atoms with E-state index in [0.29, 0.717) is 5.82 Å². The Kier molecular flexibility index (Phi) is 10.3. The molecule has 0 aromatic carbocycles. The van der Waals surface area contributed by atoms with E-state index in [0.717, 1.165) is 0 Å². The van der Waals surface area contributed by atoms with Crippen LogP contribution in [0.1, 0.15) is 33.4 Å². The number of nitrogens with one attached hydrogen (secondary N) is 2. The molecule has 270 valence electrons. The first kappa shape index (κ1) is 36.9. The molecule has 1 aliphatic carbocycles. The van der Waals surface area contributed by atoms with Gasteiger partial charge in [0.25, 0.3) is 5.56 Å². The number of aromatic nitrogens is 6. The predicted octanol–water partition coefficient (Wildman–Crippen LogP) is 2.87. The maximum Gasteiger partial charge on any atom is 0.325 e. The van der Waals surface area contributed by atoms with E-state index in [2.05, 4.69) is 30.2 Å². The van der Waals surface area contributed by atoms with Crippen LogP contribution in [0.3, 0.4) is 0 Å². The first-order valence-corrected chi connectivity index (χ1v) is 23.5. The van der Waals surface area contributed by atoms with Crippen molar-refractivity contribution < 1.29 is 41.4 Å². The van der Waals surface area contributed by atoms with Gasteiger partial charge in [0.1, 0.15) is 42.7 Å². The molecular formula is C26H39FN8O9P2S2Si. The number of H-pyrrole nitrogens is 1. The molecule has 0 amide bonds. The fourth-order valence-corrected chi connectivity index (χ4v) is 10.0. The summed E-state index contributed by atoms with van der Waals surface area (Å²) in [5.74, 6) is -0.527. The summed E-state index contributed by atoms with van der Waals surface area (Å²) in [6, 6.07) is 0.759. The molecule has 0 radical (unpaired) electrons. The van der Waals surface area contributed by atoms with Crippen molar-refractivity contribution in [3.63, 3.8) is 0 Å². The maximum atomic E-state index is 16.0. The van der Waals surface area contributed by atoms with Crippen molar-refractivity contribution in [2.24, 2.45) is 5.92 Å². The van der Waals surface area contributed by atoms with Gasteiger partial charge in [-0.05, 0) is 54.2 Å². The van der Waals surface area contributed by atoms with E-state index in [1.165, 1.54) is 23.4 Å². The number of nitrogens with two attached hydrogens (primary N) is 1. The zero-order chi connectivity index (χ0) is 35.5. The number of ether oxygens (including phenoxy) is 1. The van der Waals surface area contributed by atoms with Crippen LogP contribution in [-0.4, -0.2) is 97.4 Å². The minimum absolute atomic E-state index is 0.0235. The Morgan fingerprint density at radius 1 is 1.16 bits per heavy atom. The van der Waals surface area contributed by atoms with Gasteiger partial charge in [0.2, 0.25) is 5.95 Å². The average molecular weight is 781 g/mol. The molecule has 3 fully saturated rings. The molecule has 2 saturated heterocycles. The Morgan fingerprint density at radius 2 is 1.86 bits per heavy atom. The number of hydrogen-bond acceptors (Lipinski definition) is 15. The second-order valence-corrected chi connectivity index (χ2v) is 24.0. The minimum atomic E-state index is -4.15. The van der Waals surface area contributed by atoms with Gasteiger partial charge in [-0.25, -0.2) is 19.3 Å². The molecule has 23 heteroatoms. The van der Waals surface area contributed by atoms with E-state index in [1.807, 2.05) is 33.9 Å². The van der Waals surface area contributed by atoms with E-state index < -0.39 is 76.1 Å². The van der Waals surface area contributed by atoms with E-state index in [4.69, 9.17) is 56.6 Å². The van der Waals surface area contributed by atoms with Crippen molar-refractivity contribution in [1.82, 2.24) is 29.5 Å². The Bertz CT molecular complexity index is 1840. The lowest BCUT2D eigenvalue weighted by Gasteiger charge is -2.40. The summed E-state index contributed by atoms with van der Waals surface area (Å²) in [6.07, 6.45) is -3.03. The van der Waals surface area contributed by atoms with Gasteiger partial charge in [0.15, 0.2) is 25.7 Å². The van der Waals surface area contributed by atoms with Crippen LogP contribution < -0.4 is 16.6 Å². The highest BCUT2D eigenvalue weighted by molar-refractivity contribution is 8.07. The molecule has 49 heavy (non-hydrogen) atoms. The van der Waals surface area contributed by atoms with Crippen LogP contribution in [0.4, 0.5) is 16.2 Å². The van der Waals surface area contributed by atoms with E-state index in [9.17, 15) is 14.6 Å². The van der Waals surface area contributed by atoms with Crippen molar-refractivity contribution in [1.29, 1.82) is 0 Å². The SMILES string of the molecule is CC(C)(C)[Si](C)(C)O[C@H]1[C@H]2OP(O)(=S)OC[C@H]3C[C@@H](Nc4ccncn4)[C@@H](F)[C@@H]3OP(O)(=S)OC[C@H]1O[C@H]2n1cnc2c(=O)[nH]c(N)nc21. The summed E-state index contributed by atoms with van der Waals surface area (Å²) in [5, 5.41) is 2.72. The monoisotopic (exact) mass is 780 g/mol. The Balaban J connectivity index is 1.37. The van der Waals surface area contributed by atoms with Crippen LogP contribution >= 0.6 is 13.4 Å². The Hall–Kier alpha value is -1.84. The van der Waals surface area contributed by atoms with Gasteiger partial charge >= 0.3 is 13.4 Å². The third-order valence-corrected chi connectivity index (χ3v) is 16.8. The highest BCUT2D eigenvalue weighted by Crippen LogP contribution is 2.55. The highest BCUT2D eigenvalue weighted by Gasteiger charge is 2.55. The first-order valence-electron chi connectivity index (χ1n) is 15.4. The first-order chi connectivity index (χ1) is 22.8. The highest BCUT2D eigenvalue weighted by atomic mass is 32.5. The summed E-state index contributed by atoms with van der Waals surface area (Å²) in [4.78, 5) is 54.2. The van der Waals surface area contributed by atoms with E-state index >= 15 is 4.39 Å². The molecule has 1 saturated carbocycles. The van der Waals surface area contributed by atoms with Gasteiger partial charge in [0.05, 0.1) is 25.6 Å². The number of hydrogen-bond donors (Lipinski definition) is 5. The van der Waals surface area contributed by atoms with Crippen molar-refractivity contribution in [3.05, 3.63) is 35.3 Å². The van der Waals surface area contributed by atoms with Crippen LogP contribution in [0.15, 0.2) is 29.7 Å². The van der Waals surface area contributed by atoms with Crippen molar-refractivity contribution in [3.8, 4) is 0 Å². The minimum Gasteiger partial charge on any atom is -0.408 e. The summed E-state index contributed by atoms with van der Waals surface area (Å²) in [7, 11) is -2.62. The largest absolute Gasteiger partial charge is 0.408 e. The number of anilines is 2. The van der Waals surface area contributed by atoms with Crippen molar-refractivity contribution in [2.75, 3.05) is 24.3 Å². The topological polar surface area (TPSA) is 223 Å². The molecule has 2 aliphatic heterocycles. The molecule has 5 heterocycles. The lowest BCUT2D eigenvalue weighted by atomic mass is 10.1. The van der Waals surface area contributed by atoms with Crippen LogP contribution in [0, 0.1) is 5.92 Å². The number of fused-ring (bicyclic) bond motifs is 4. The zero-order valence-electron chi connectivity index (χ0n) is 27.2. The fraction of sp³-hybridized carbons (Fsp3) is 0.654. The second kappa shape index (κ2) is 13.6. The smallest absolute Gasteiger partial charge is 0.325 e. The van der Waals surface area contributed by atoms with Gasteiger partial charge in [0, 0.05) is 12.1 Å². The molecular weight excluding hydrogens is 741 g/mol. The summed E-state index contributed by atoms with van der Waals surface area (Å²) in [6.45, 7) is 1.18. The maximum absolute atomic E-state index is 16.0. The lowest BCUT2D eigenvalue weighted by Crippen LogP contribution is -2.50. The number of nitrogens with zero attached hydrogens (tertiary/aromatic N) is 5. The molecule has 6 rings (SSSR count). The molecule has 10 atom stereocenters. The van der Waals surface area contributed by atoms with Gasteiger partial charge in [-0.1, -0.05) is 20.8 Å². The average Bonchev–Trinajstić information content (AvgIpc) is 3.65. The lowest BCUT2D eigenvalue weighted by molar-refractivity contribution is -0.0520. The van der Waals surface area contributed by atoms with Crippen LogP contribution in [0.25, 0.3) is 11.2 Å². The number of rotatable bonds is 5. The number of imidazole rings is 1. The van der Waals surface area contributed by atoms with Gasteiger partial charge in [-0.2, -0.15) is 4.98 Å². The quantitative estimate of drug-likeness (QED) is 0.185. The molecule has 3 aliphatic rings. The van der Waals surface area contributed by atoms with Crippen LogP contribution in [0.5, 0.6) is 0 Å². The van der Waals surface area contributed by atoms with Gasteiger partial charge in [-0.3, -0.25) is 18.9 Å². The Morgan fingerprint density at radius 3 is 2.53 bits per heavy atom. The second-order valence-electron chi connectivity index (χ2n) is 13.6. The molecule has 3 aromatic heterocycles. The zero-order valence-corrected chi connectivity index (χ0v) is 31.6. The normalized spacial score (nSPS) is 36.1. The molecule has 3 aromatic rings. The van der Waals surface area contributed by atoms with E-state index in [-0.39, 0.29) is 41.8 Å².